The Morgan fingerprint density at radius 2 is 1.77 bits per heavy atom. The third-order valence-corrected chi connectivity index (χ3v) is 7.72. The number of carbonyl (C=O) groups excluding carboxylic acids is 1. The number of nitrogens with one attached hydrogen (secondary N) is 3. The van der Waals surface area contributed by atoms with E-state index < -0.39 is 10.0 Å². The van der Waals surface area contributed by atoms with E-state index in [1.165, 1.54) is 0 Å². The van der Waals surface area contributed by atoms with Gasteiger partial charge in [0.2, 0.25) is 0 Å². The molecule has 0 saturated carbocycles. The number of anilines is 2. The number of rotatable bonds is 7. The molecule has 1 fully saturated rings. The lowest BCUT2D eigenvalue weighted by Crippen LogP contribution is -2.43. The zero-order valence-corrected chi connectivity index (χ0v) is 21.1. The number of sulfonamides is 1. The van der Waals surface area contributed by atoms with Gasteiger partial charge in [0.25, 0.3) is 15.9 Å². The van der Waals surface area contributed by atoms with Crippen LogP contribution in [0.5, 0.6) is 0 Å². The lowest BCUT2D eigenvalue weighted by atomic mass is 10.1. The van der Waals surface area contributed by atoms with E-state index >= 15 is 0 Å². The molecule has 35 heavy (non-hydrogen) atoms. The number of hydrogen-bond acceptors (Lipinski definition) is 6. The summed E-state index contributed by atoms with van der Waals surface area (Å²) in [6.45, 7) is 9.06. The first-order valence-electron chi connectivity index (χ1n) is 11.6. The van der Waals surface area contributed by atoms with Crippen LogP contribution in [0, 0.1) is 20.8 Å². The summed E-state index contributed by atoms with van der Waals surface area (Å²) in [5.41, 5.74) is 5.01. The minimum Gasteiger partial charge on any atom is -0.367 e. The molecule has 2 heterocycles. The van der Waals surface area contributed by atoms with Crippen LogP contribution in [-0.4, -0.2) is 45.5 Å². The molecule has 3 N–H and O–H groups in total. The highest BCUT2D eigenvalue weighted by molar-refractivity contribution is 7.92. The number of amides is 1. The zero-order chi connectivity index (χ0) is 25.0. The molecule has 0 spiro atoms. The summed E-state index contributed by atoms with van der Waals surface area (Å²) in [6, 6.07) is 12.4. The maximum absolute atomic E-state index is 13.5. The summed E-state index contributed by atoms with van der Waals surface area (Å²) in [5.74, 6) is -0.288. The summed E-state index contributed by atoms with van der Waals surface area (Å²) in [6.07, 6.45) is 3.37. The molecule has 0 unspecified atom stereocenters. The summed E-state index contributed by atoms with van der Waals surface area (Å²) >= 11 is 0. The van der Waals surface area contributed by atoms with Crippen LogP contribution >= 0.6 is 0 Å². The van der Waals surface area contributed by atoms with E-state index in [0.717, 1.165) is 48.6 Å². The largest absolute Gasteiger partial charge is 0.367 e. The molecule has 0 aliphatic carbocycles. The average molecular weight is 494 g/mol. The number of piperazine rings is 1. The third-order valence-electron chi connectivity index (χ3n) is 6.22. The van der Waals surface area contributed by atoms with Crippen LogP contribution in [0.2, 0.25) is 0 Å². The lowest BCUT2D eigenvalue weighted by molar-refractivity contribution is 0.0951. The average Bonchev–Trinajstić information content (AvgIpc) is 2.85. The highest BCUT2D eigenvalue weighted by Crippen LogP contribution is 2.31. The number of nitrogens with zero attached hydrogens (tertiary/aromatic N) is 2. The summed E-state index contributed by atoms with van der Waals surface area (Å²) in [5, 5.41) is 6.19. The van der Waals surface area contributed by atoms with Crippen molar-refractivity contribution in [3.05, 3.63) is 82.7 Å². The molecule has 184 valence electrons. The second-order valence-electron chi connectivity index (χ2n) is 8.82. The van der Waals surface area contributed by atoms with Crippen molar-refractivity contribution in [2.45, 2.75) is 32.2 Å². The second-order valence-corrected chi connectivity index (χ2v) is 10.5. The summed E-state index contributed by atoms with van der Waals surface area (Å²) in [7, 11) is -3.87. The topological polar surface area (TPSA) is 103 Å². The maximum Gasteiger partial charge on any atom is 0.262 e. The van der Waals surface area contributed by atoms with E-state index in [0.29, 0.717) is 23.4 Å². The molecule has 1 saturated heterocycles. The van der Waals surface area contributed by atoms with Crippen molar-refractivity contribution < 1.29 is 13.2 Å². The molecule has 0 atom stereocenters. The molecule has 0 radical (unpaired) electrons. The van der Waals surface area contributed by atoms with Crippen LogP contribution in [-0.2, 0) is 16.6 Å². The molecule has 1 aliphatic rings. The molecule has 1 amide bonds. The first kappa shape index (κ1) is 24.7. The molecular weight excluding hydrogens is 462 g/mol. The quantitative estimate of drug-likeness (QED) is 0.467. The summed E-state index contributed by atoms with van der Waals surface area (Å²) in [4.78, 5) is 19.3. The van der Waals surface area contributed by atoms with Crippen LogP contribution in [0.25, 0.3) is 0 Å². The van der Waals surface area contributed by atoms with E-state index in [4.69, 9.17) is 0 Å². The van der Waals surface area contributed by atoms with Crippen molar-refractivity contribution in [2.75, 3.05) is 35.8 Å². The smallest absolute Gasteiger partial charge is 0.262 e. The van der Waals surface area contributed by atoms with Gasteiger partial charge in [0, 0.05) is 50.7 Å². The van der Waals surface area contributed by atoms with E-state index in [2.05, 4.69) is 25.2 Å². The number of hydrogen-bond donors (Lipinski definition) is 3. The fourth-order valence-electron chi connectivity index (χ4n) is 4.15. The SMILES string of the molecule is Cc1cc(C)c(S(=O)(=O)Nc2cc(C(=O)NCc3cccnc3)ccc2N2CCNCC2)cc1C. The van der Waals surface area contributed by atoms with Gasteiger partial charge >= 0.3 is 0 Å². The Morgan fingerprint density at radius 3 is 2.49 bits per heavy atom. The molecule has 0 bridgehead atoms. The van der Waals surface area contributed by atoms with Gasteiger partial charge in [-0.2, -0.15) is 0 Å². The second kappa shape index (κ2) is 10.5. The molecule has 1 aromatic heterocycles. The van der Waals surface area contributed by atoms with Crippen molar-refractivity contribution >= 4 is 27.3 Å². The fraction of sp³-hybridized carbons (Fsp3) is 0.308. The molecule has 8 nitrogen and oxygen atoms in total. The van der Waals surface area contributed by atoms with Crippen molar-refractivity contribution in [1.82, 2.24) is 15.6 Å². The predicted octanol–water partition coefficient (Wildman–Crippen LogP) is 3.15. The van der Waals surface area contributed by atoms with Crippen LogP contribution in [0.3, 0.4) is 0 Å². The van der Waals surface area contributed by atoms with Gasteiger partial charge in [0.15, 0.2) is 0 Å². The number of aryl methyl sites for hydroxylation is 3. The van der Waals surface area contributed by atoms with Crippen molar-refractivity contribution in [1.29, 1.82) is 0 Å². The molecule has 4 rings (SSSR count). The maximum atomic E-state index is 13.5. The molecule has 2 aromatic carbocycles. The monoisotopic (exact) mass is 493 g/mol. The number of aromatic nitrogens is 1. The van der Waals surface area contributed by atoms with Gasteiger partial charge in [-0.15, -0.1) is 0 Å². The van der Waals surface area contributed by atoms with Gasteiger partial charge in [-0.3, -0.25) is 14.5 Å². The molecular formula is C26H31N5O3S. The van der Waals surface area contributed by atoms with Crippen molar-refractivity contribution in [3.8, 4) is 0 Å². The highest BCUT2D eigenvalue weighted by Gasteiger charge is 2.23. The Hall–Kier alpha value is -3.43. The van der Waals surface area contributed by atoms with Crippen molar-refractivity contribution in [2.24, 2.45) is 0 Å². The first-order valence-corrected chi connectivity index (χ1v) is 13.1. The highest BCUT2D eigenvalue weighted by atomic mass is 32.2. The van der Waals surface area contributed by atoms with Crippen molar-refractivity contribution in [3.63, 3.8) is 0 Å². The Balaban J connectivity index is 1.66. The van der Waals surface area contributed by atoms with Gasteiger partial charge < -0.3 is 15.5 Å². The standard InChI is InChI=1S/C26H31N5O3S/c1-18-13-20(3)25(14-19(18)2)35(33,34)30-23-15-22(6-7-24(23)31-11-9-27-10-12-31)26(32)29-17-21-5-4-8-28-16-21/h4-8,13-16,27,30H,9-12,17H2,1-3H3,(H,29,32). The zero-order valence-electron chi connectivity index (χ0n) is 20.3. The molecule has 1 aliphatic heterocycles. The Bertz CT molecular complexity index is 1320. The Morgan fingerprint density at radius 1 is 1.03 bits per heavy atom. The van der Waals surface area contributed by atoms with Gasteiger partial charge in [0.1, 0.15) is 0 Å². The number of benzene rings is 2. The predicted molar refractivity (Wildman–Crippen MR) is 138 cm³/mol. The van der Waals surface area contributed by atoms with Gasteiger partial charge in [-0.25, -0.2) is 8.42 Å². The van der Waals surface area contributed by atoms with Gasteiger partial charge in [-0.05, 0) is 73.4 Å². The first-order chi connectivity index (χ1) is 16.7. The van der Waals surface area contributed by atoms with E-state index in [1.54, 1.807) is 37.5 Å². The van der Waals surface area contributed by atoms with Gasteiger partial charge in [0.05, 0.1) is 16.3 Å². The third kappa shape index (κ3) is 5.80. The fourth-order valence-corrected chi connectivity index (χ4v) is 5.53. The molecule has 9 heteroatoms. The Kier molecular flexibility index (Phi) is 7.37. The van der Waals surface area contributed by atoms with Crippen LogP contribution in [0.15, 0.2) is 59.8 Å². The van der Waals surface area contributed by atoms with E-state index in [9.17, 15) is 13.2 Å². The molecule has 3 aromatic rings. The minimum atomic E-state index is -3.87. The Labute approximate surface area is 206 Å². The van der Waals surface area contributed by atoms with Crippen LogP contribution in [0.1, 0.15) is 32.6 Å². The lowest BCUT2D eigenvalue weighted by Gasteiger charge is -2.31. The van der Waals surface area contributed by atoms with E-state index in [1.807, 2.05) is 38.1 Å². The van der Waals surface area contributed by atoms with Crippen LogP contribution < -0.4 is 20.3 Å². The summed E-state index contributed by atoms with van der Waals surface area (Å²) < 4.78 is 29.7. The number of pyridine rings is 1. The normalized spacial score (nSPS) is 14.0. The minimum absolute atomic E-state index is 0.235. The number of carbonyl (C=O) groups is 1. The van der Waals surface area contributed by atoms with Gasteiger partial charge in [-0.1, -0.05) is 12.1 Å². The van der Waals surface area contributed by atoms with E-state index in [-0.39, 0.29) is 10.8 Å². The van der Waals surface area contributed by atoms with Crippen LogP contribution in [0.4, 0.5) is 11.4 Å².